The summed E-state index contributed by atoms with van der Waals surface area (Å²) in [7, 11) is 1.82. The number of halogens is 1. The molecule has 2 aliphatic carbocycles. The lowest BCUT2D eigenvalue weighted by Gasteiger charge is -2.15. The van der Waals surface area contributed by atoms with Crippen molar-refractivity contribution in [3.05, 3.63) is 94.3 Å². The fourth-order valence-corrected chi connectivity index (χ4v) is 4.50. The van der Waals surface area contributed by atoms with Crippen LogP contribution in [0.25, 0.3) is 11.1 Å². The van der Waals surface area contributed by atoms with Gasteiger partial charge in [0.15, 0.2) is 6.29 Å². The number of benzene rings is 2. The van der Waals surface area contributed by atoms with E-state index in [0.29, 0.717) is 36.5 Å². The molecule has 0 aromatic heterocycles. The van der Waals surface area contributed by atoms with Gasteiger partial charge in [-0.2, -0.15) is 0 Å². The second-order valence-electron chi connectivity index (χ2n) is 11.0. The van der Waals surface area contributed by atoms with Gasteiger partial charge in [-0.25, -0.2) is 0 Å². The minimum atomic E-state index is 0.300. The summed E-state index contributed by atoms with van der Waals surface area (Å²) in [4.78, 5) is 15.1. The molecule has 218 valence electrons. The van der Waals surface area contributed by atoms with Crippen molar-refractivity contribution in [3.8, 4) is 12.3 Å². The van der Waals surface area contributed by atoms with Crippen molar-refractivity contribution in [2.45, 2.75) is 71.4 Å². The SMILES string of the molecule is C#CCNC.C=C(C=O)NCc1ccccc1C(=C)C.CC(=NC1CC1)/C(=C(/C)N)c1cc(Cl)cc(C2(C)CC2)c1. The number of nitrogens with two attached hydrogens (primary N) is 1. The van der Waals surface area contributed by atoms with Gasteiger partial charge in [0.05, 0.1) is 18.3 Å². The van der Waals surface area contributed by atoms with Crippen LogP contribution in [0.3, 0.4) is 0 Å². The molecule has 41 heavy (non-hydrogen) atoms. The number of rotatable bonds is 10. The zero-order chi connectivity index (χ0) is 30.6. The topological polar surface area (TPSA) is 79.5 Å². The lowest BCUT2D eigenvalue weighted by Crippen LogP contribution is -2.13. The predicted molar refractivity (Wildman–Crippen MR) is 177 cm³/mol. The maximum absolute atomic E-state index is 10.4. The van der Waals surface area contributed by atoms with Gasteiger partial charge in [-0.3, -0.25) is 9.79 Å². The van der Waals surface area contributed by atoms with E-state index < -0.39 is 0 Å². The first kappa shape index (κ1) is 33.6. The van der Waals surface area contributed by atoms with E-state index in [0.717, 1.165) is 44.3 Å². The van der Waals surface area contributed by atoms with Crippen LogP contribution in [-0.4, -0.2) is 31.6 Å². The molecule has 2 fully saturated rings. The molecule has 2 aliphatic rings. The Hall–Kier alpha value is -3.59. The number of hydrogen-bond donors (Lipinski definition) is 3. The molecule has 0 spiro atoms. The normalized spacial score (nSPS) is 15.5. The van der Waals surface area contributed by atoms with Gasteiger partial charge in [0, 0.05) is 28.5 Å². The molecule has 4 rings (SSSR count). The quantitative estimate of drug-likeness (QED) is 0.123. The summed E-state index contributed by atoms with van der Waals surface area (Å²) in [6.45, 7) is 17.0. The number of nitrogens with one attached hydrogen (secondary N) is 2. The monoisotopic (exact) mass is 572 g/mol. The standard InChI is InChI=1S/C18H23ClN2.C13H15NO.C4H7N/c1-11(20)17(12(2)21-16-4-5-16)13-8-14(10-15(19)9-13)18(3)6-7-18;1-10(2)13-7-5-4-6-12(13)8-14-11(3)9-15;1-3-4-5-2/h8-10,16H,4-7,20H2,1-3H3;4-7,9,14H,1,3,8H2,2H3;1,5H,4H2,2H3/b17-11+,21-12?;;. The van der Waals surface area contributed by atoms with E-state index in [4.69, 9.17) is 28.8 Å². The van der Waals surface area contributed by atoms with Crippen LogP contribution in [0.1, 0.15) is 75.6 Å². The van der Waals surface area contributed by atoms with Crippen molar-refractivity contribution in [2.75, 3.05) is 13.6 Å². The Morgan fingerprint density at radius 2 is 1.85 bits per heavy atom. The van der Waals surface area contributed by atoms with E-state index in [1.54, 1.807) is 0 Å². The van der Waals surface area contributed by atoms with Crippen molar-refractivity contribution in [3.63, 3.8) is 0 Å². The number of aldehydes is 1. The van der Waals surface area contributed by atoms with Crippen molar-refractivity contribution in [2.24, 2.45) is 10.7 Å². The molecular formula is C35H45ClN4O. The molecule has 0 unspecified atom stereocenters. The van der Waals surface area contributed by atoms with E-state index in [1.807, 2.05) is 51.2 Å². The van der Waals surface area contributed by atoms with Gasteiger partial charge in [-0.1, -0.05) is 73.5 Å². The average Bonchev–Trinajstić information content (AvgIpc) is 3.87. The van der Waals surface area contributed by atoms with E-state index >= 15 is 0 Å². The molecule has 0 amide bonds. The van der Waals surface area contributed by atoms with Crippen molar-refractivity contribution in [1.29, 1.82) is 0 Å². The maximum Gasteiger partial charge on any atom is 0.165 e. The van der Waals surface area contributed by atoms with Gasteiger partial charge in [0.2, 0.25) is 0 Å². The van der Waals surface area contributed by atoms with Crippen LogP contribution in [0.2, 0.25) is 5.02 Å². The summed E-state index contributed by atoms with van der Waals surface area (Å²) in [5, 5.41) is 6.51. The number of carbonyl (C=O) groups excluding carboxylic acids is 1. The van der Waals surface area contributed by atoms with Crippen molar-refractivity contribution < 1.29 is 4.79 Å². The molecule has 0 bridgehead atoms. The van der Waals surface area contributed by atoms with Gasteiger partial charge < -0.3 is 16.4 Å². The smallest absolute Gasteiger partial charge is 0.165 e. The Bertz CT molecular complexity index is 1340. The summed E-state index contributed by atoms with van der Waals surface area (Å²) in [6.07, 6.45) is 10.4. The fraction of sp³-hybridized carbons (Fsp3) is 0.371. The maximum atomic E-state index is 10.4. The number of nitrogens with zero attached hydrogens (tertiary/aromatic N) is 1. The number of hydrogen-bond acceptors (Lipinski definition) is 5. The summed E-state index contributed by atoms with van der Waals surface area (Å²) in [6, 6.07) is 14.8. The predicted octanol–water partition coefficient (Wildman–Crippen LogP) is 7.07. The van der Waals surface area contributed by atoms with Crippen molar-refractivity contribution in [1.82, 2.24) is 10.6 Å². The van der Waals surface area contributed by atoms with Crippen LogP contribution in [0.5, 0.6) is 0 Å². The third kappa shape index (κ3) is 11.1. The number of carbonyl (C=O) groups is 1. The Kier molecular flexibility index (Phi) is 13.1. The molecule has 0 aliphatic heterocycles. The van der Waals surface area contributed by atoms with Crippen LogP contribution < -0.4 is 16.4 Å². The highest BCUT2D eigenvalue weighted by molar-refractivity contribution is 6.31. The Labute approximate surface area is 252 Å². The molecule has 2 saturated carbocycles. The first-order chi connectivity index (χ1) is 19.4. The second-order valence-corrected chi connectivity index (χ2v) is 11.4. The van der Waals surface area contributed by atoms with Crippen LogP contribution in [-0.2, 0) is 16.8 Å². The summed E-state index contributed by atoms with van der Waals surface area (Å²) in [5.74, 6) is 2.41. The van der Waals surface area contributed by atoms with Gasteiger partial charge >= 0.3 is 0 Å². The van der Waals surface area contributed by atoms with Crippen LogP contribution in [0, 0.1) is 12.3 Å². The third-order valence-electron chi connectivity index (χ3n) is 6.97. The highest BCUT2D eigenvalue weighted by Crippen LogP contribution is 2.48. The molecule has 4 N–H and O–H groups in total. The van der Waals surface area contributed by atoms with Crippen molar-refractivity contribution >= 4 is 34.7 Å². The van der Waals surface area contributed by atoms with E-state index in [1.165, 1.54) is 31.2 Å². The van der Waals surface area contributed by atoms with Crippen LogP contribution in [0.15, 0.2) is 72.0 Å². The molecule has 0 heterocycles. The van der Waals surface area contributed by atoms with Gasteiger partial charge in [0.1, 0.15) is 0 Å². The van der Waals surface area contributed by atoms with Crippen LogP contribution in [0.4, 0.5) is 0 Å². The van der Waals surface area contributed by atoms with E-state index in [-0.39, 0.29) is 0 Å². The molecule has 0 atom stereocenters. The largest absolute Gasteiger partial charge is 0.402 e. The first-order valence-corrected chi connectivity index (χ1v) is 14.4. The molecule has 0 radical (unpaired) electrons. The highest BCUT2D eigenvalue weighted by Gasteiger charge is 2.39. The molecule has 6 heteroatoms. The Morgan fingerprint density at radius 3 is 2.34 bits per heavy atom. The van der Waals surface area contributed by atoms with E-state index in [9.17, 15) is 4.79 Å². The Morgan fingerprint density at radius 1 is 1.20 bits per heavy atom. The molecule has 2 aromatic carbocycles. The average molecular weight is 573 g/mol. The lowest BCUT2D eigenvalue weighted by atomic mass is 9.92. The minimum Gasteiger partial charge on any atom is -0.402 e. The van der Waals surface area contributed by atoms with Gasteiger partial charge in [-0.05, 0) is 93.3 Å². The number of terminal acetylenes is 1. The third-order valence-corrected chi connectivity index (χ3v) is 7.18. The van der Waals surface area contributed by atoms with Gasteiger partial charge in [0.25, 0.3) is 0 Å². The molecule has 0 saturated heterocycles. The summed E-state index contributed by atoms with van der Waals surface area (Å²) >= 11 is 6.35. The number of aliphatic imine (C=N–C) groups is 1. The molecular weight excluding hydrogens is 528 g/mol. The minimum absolute atomic E-state index is 0.300. The van der Waals surface area contributed by atoms with Crippen LogP contribution >= 0.6 is 11.6 Å². The first-order valence-electron chi connectivity index (χ1n) is 14.0. The second kappa shape index (κ2) is 16.0. The zero-order valence-electron chi connectivity index (χ0n) is 25.2. The fourth-order valence-electron chi connectivity index (χ4n) is 4.27. The summed E-state index contributed by atoms with van der Waals surface area (Å²) < 4.78 is 0. The highest BCUT2D eigenvalue weighted by atomic mass is 35.5. The number of allylic oxidation sites excluding steroid dienone is 4. The van der Waals surface area contributed by atoms with Gasteiger partial charge in [-0.15, -0.1) is 6.42 Å². The Balaban J connectivity index is 0.000000257. The molecule has 2 aromatic rings. The lowest BCUT2D eigenvalue weighted by molar-refractivity contribution is -0.105. The van der Waals surface area contributed by atoms with E-state index in [2.05, 4.69) is 55.7 Å². The zero-order valence-corrected chi connectivity index (χ0v) is 26.0. The summed E-state index contributed by atoms with van der Waals surface area (Å²) in [5.41, 5.74) is 15.4. The molecule has 5 nitrogen and oxygen atoms in total.